The molecular formula is C13H22N2O2. The molecule has 0 heterocycles. The average Bonchev–Trinajstić information content (AvgIpc) is 2.38. The first-order valence-corrected chi connectivity index (χ1v) is 5.92. The highest BCUT2D eigenvalue weighted by atomic mass is 16.5. The van der Waals surface area contributed by atoms with Gasteiger partial charge in [0.1, 0.15) is 0 Å². The lowest BCUT2D eigenvalue weighted by Crippen LogP contribution is -2.36. The van der Waals surface area contributed by atoms with Crippen LogP contribution in [0.4, 0.5) is 0 Å². The van der Waals surface area contributed by atoms with Gasteiger partial charge in [0.2, 0.25) is 0 Å². The first kappa shape index (κ1) is 13.8. The lowest BCUT2D eigenvalue weighted by atomic mass is 10.0. The summed E-state index contributed by atoms with van der Waals surface area (Å²) in [4.78, 5) is 0. The molecular weight excluding hydrogens is 216 g/mol. The lowest BCUT2D eigenvalue weighted by Gasteiger charge is -2.16. The van der Waals surface area contributed by atoms with Crippen molar-refractivity contribution in [3.8, 4) is 11.5 Å². The zero-order chi connectivity index (χ0) is 12.7. The van der Waals surface area contributed by atoms with Crippen LogP contribution < -0.4 is 20.7 Å². The third-order valence-electron chi connectivity index (χ3n) is 2.80. The summed E-state index contributed by atoms with van der Waals surface area (Å²) in [5, 5.41) is 0. The van der Waals surface area contributed by atoms with Crippen LogP contribution in [0.25, 0.3) is 0 Å². The van der Waals surface area contributed by atoms with Gasteiger partial charge in [0.15, 0.2) is 11.5 Å². The van der Waals surface area contributed by atoms with Crippen LogP contribution in [0, 0.1) is 0 Å². The van der Waals surface area contributed by atoms with E-state index < -0.39 is 0 Å². The maximum Gasteiger partial charge on any atom is 0.160 e. The van der Waals surface area contributed by atoms with Gasteiger partial charge < -0.3 is 9.47 Å². The molecule has 0 saturated carbocycles. The van der Waals surface area contributed by atoms with Crippen molar-refractivity contribution in [1.82, 2.24) is 5.43 Å². The summed E-state index contributed by atoms with van der Waals surface area (Å²) in [6.45, 7) is 2.15. The fourth-order valence-electron chi connectivity index (χ4n) is 1.88. The number of hydrazine groups is 1. The second-order valence-electron chi connectivity index (χ2n) is 4.05. The summed E-state index contributed by atoms with van der Waals surface area (Å²) in [6, 6.07) is 6.27. The summed E-state index contributed by atoms with van der Waals surface area (Å²) in [6.07, 6.45) is 3.07. The van der Waals surface area contributed by atoms with Crippen LogP contribution >= 0.6 is 0 Å². The van der Waals surface area contributed by atoms with E-state index in [-0.39, 0.29) is 0 Å². The summed E-state index contributed by atoms with van der Waals surface area (Å²) in [5.41, 5.74) is 4.04. The van der Waals surface area contributed by atoms with Gasteiger partial charge in [0, 0.05) is 6.04 Å². The molecule has 0 saturated heterocycles. The Kier molecular flexibility index (Phi) is 5.80. The van der Waals surface area contributed by atoms with E-state index in [1.165, 1.54) is 5.56 Å². The van der Waals surface area contributed by atoms with Crippen LogP contribution in [0.5, 0.6) is 11.5 Å². The molecule has 1 unspecified atom stereocenters. The van der Waals surface area contributed by atoms with E-state index in [2.05, 4.69) is 12.3 Å². The van der Waals surface area contributed by atoms with Crippen molar-refractivity contribution in [3.05, 3.63) is 23.8 Å². The van der Waals surface area contributed by atoms with Crippen molar-refractivity contribution in [2.24, 2.45) is 5.84 Å². The molecule has 1 atom stereocenters. The Balaban J connectivity index is 2.77. The molecule has 0 aliphatic heterocycles. The molecule has 0 radical (unpaired) electrons. The molecule has 0 spiro atoms. The fraction of sp³-hybridized carbons (Fsp3) is 0.538. The van der Waals surface area contributed by atoms with Crippen LogP contribution in [0.3, 0.4) is 0 Å². The second-order valence-corrected chi connectivity index (χ2v) is 4.05. The number of methoxy groups -OCH3 is 2. The number of rotatable bonds is 7. The van der Waals surface area contributed by atoms with E-state index >= 15 is 0 Å². The molecule has 3 N–H and O–H groups in total. The quantitative estimate of drug-likeness (QED) is 0.562. The molecule has 1 aromatic rings. The van der Waals surface area contributed by atoms with Crippen LogP contribution in [0.15, 0.2) is 18.2 Å². The molecule has 0 bridgehead atoms. The second kappa shape index (κ2) is 7.14. The Morgan fingerprint density at radius 3 is 2.47 bits per heavy atom. The van der Waals surface area contributed by atoms with E-state index in [4.69, 9.17) is 15.3 Å². The standard InChI is InChI=1S/C13H22N2O2/c1-4-5-11(15-14)8-10-6-7-12(16-2)13(9-10)17-3/h6-7,9,11,15H,4-5,8,14H2,1-3H3. The number of hydrogen-bond acceptors (Lipinski definition) is 4. The highest BCUT2D eigenvalue weighted by molar-refractivity contribution is 5.43. The number of nitrogens with one attached hydrogen (secondary N) is 1. The van der Waals surface area contributed by atoms with E-state index in [0.29, 0.717) is 6.04 Å². The van der Waals surface area contributed by atoms with Gasteiger partial charge in [-0.1, -0.05) is 19.4 Å². The Labute approximate surface area is 103 Å². The van der Waals surface area contributed by atoms with Crippen LogP contribution in [0.2, 0.25) is 0 Å². The summed E-state index contributed by atoms with van der Waals surface area (Å²) >= 11 is 0. The van der Waals surface area contributed by atoms with Crippen molar-refractivity contribution in [2.45, 2.75) is 32.2 Å². The van der Waals surface area contributed by atoms with Gasteiger partial charge in [-0.05, 0) is 30.5 Å². The van der Waals surface area contributed by atoms with Gasteiger partial charge in [0.05, 0.1) is 14.2 Å². The first-order chi connectivity index (χ1) is 8.24. The van der Waals surface area contributed by atoms with E-state index in [0.717, 1.165) is 30.8 Å². The molecule has 4 heteroatoms. The van der Waals surface area contributed by atoms with Crippen molar-refractivity contribution in [1.29, 1.82) is 0 Å². The predicted octanol–water partition coefficient (Wildman–Crippen LogP) is 1.88. The number of ether oxygens (including phenoxy) is 2. The van der Waals surface area contributed by atoms with Crippen molar-refractivity contribution in [3.63, 3.8) is 0 Å². The third kappa shape index (κ3) is 3.91. The maximum atomic E-state index is 5.53. The average molecular weight is 238 g/mol. The number of benzene rings is 1. The summed E-state index contributed by atoms with van der Waals surface area (Å²) in [5.74, 6) is 7.04. The fourth-order valence-corrected chi connectivity index (χ4v) is 1.88. The molecule has 1 rings (SSSR count). The first-order valence-electron chi connectivity index (χ1n) is 5.92. The predicted molar refractivity (Wildman–Crippen MR) is 69.3 cm³/mol. The zero-order valence-corrected chi connectivity index (χ0v) is 10.8. The molecule has 0 amide bonds. The van der Waals surface area contributed by atoms with Gasteiger partial charge in [0.25, 0.3) is 0 Å². The van der Waals surface area contributed by atoms with E-state index in [1.807, 2.05) is 18.2 Å². The van der Waals surface area contributed by atoms with Crippen molar-refractivity contribution in [2.75, 3.05) is 14.2 Å². The highest BCUT2D eigenvalue weighted by Crippen LogP contribution is 2.28. The molecule has 0 aliphatic rings. The van der Waals surface area contributed by atoms with Gasteiger partial charge in [-0.15, -0.1) is 0 Å². The van der Waals surface area contributed by atoms with Gasteiger partial charge in [-0.3, -0.25) is 11.3 Å². The molecule has 96 valence electrons. The van der Waals surface area contributed by atoms with E-state index in [1.54, 1.807) is 14.2 Å². The van der Waals surface area contributed by atoms with E-state index in [9.17, 15) is 0 Å². The smallest absolute Gasteiger partial charge is 0.160 e. The molecule has 17 heavy (non-hydrogen) atoms. The monoisotopic (exact) mass is 238 g/mol. The molecule has 4 nitrogen and oxygen atoms in total. The topological polar surface area (TPSA) is 56.5 Å². The summed E-state index contributed by atoms with van der Waals surface area (Å²) < 4.78 is 10.5. The minimum Gasteiger partial charge on any atom is -0.493 e. The van der Waals surface area contributed by atoms with Crippen molar-refractivity contribution >= 4 is 0 Å². The lowest BCUT2D eigenvalue weighted by molar-refractivity contribution is 0.354. The van der Waals surface area contributed by atoms with Gasteiger partial charge >= 0.3 is 0 Å². The minimum atomic E-state index is 0.304. The van der Waals surface area contributed by atoms with Gasteiger partial charge in [-0.25, -0.2) is 0 Å². The SMILES string of the molecule is CCCC(Cc1ccc(OC)c(OC)c1)NN. The molecule has 0 aliphatic carbocycles. The maximum absolute atomic E-state index is 5.53. The third-order valence-corrected chi connectivity index (χ3v) is 2.80. The Morgan fingerprint density at radius 2 is 1.94 bits per heavy atom. The number of hydrogen-bond donors (Lipinski definition) is 2. The van der Waals surface area contributed by atoms with Crippen molar-refractivity contribution < 1.29 is 9.47 Å². The van der Waals surface area contributed by atoms with Crippen LogP contribution in [-0.4, -0.2) is 20.3 Å². The van der Waals surface area contributed by atoms with Crippen LogP contribution in [0.1, 0.15) is 25.3 Å². The highest BCUT2D eigenvalue weighted by Gasteiger charge is 2.09. The zero-order valence-electron chi connectivity index (χ0n) is 10.8. The Bertz CT molecular complexity index is 342. The normalized spacial score (nSPS) is 12.2. The minimum absolute atomic E-state index is 0.304. The summed E-state index contributed by atoms with van der Waals surface area (Å²) in [7, 11) is 3.28. The molecule has 0 aromatic heterocycles. The Morgan fingerprint density at radius 1 is 1.24 bits per heavy atom. The Hall–Kier alpha value is -1.26. The molecule has 1 aromatic carbocycles. The van der Waals surface area contributed by atoms with Gasteiger partial charge in [-0.2, -0.15) is 0 Å². The largest absolute Gasteiger partial charge is 0.493 e. The van der Waals surface area contributed by atoms with Crippen LogP contribution in [-0.2, 0) is 6.42 Å². The molecule has 0 fully saturated rings. The number of nitrogens with two attached hydrogens (primary N) is 1.